The lowest BCUT2D eigenvalue weighted by Crippen LogP contribution is -2.38. The molecule has 3 aromatic rings. The number of aromatic nitrogens is 2. The molecule has 1 amide bonds. The number of anilines is 1. The Kier molecular flexibility index (Phi) is 6.99. The first-order valence-electron chi connectivity index (χ1n) is 11.0. The normalized spacial score (nSPS) is 15.0. The predicted molar refractivity (Wildman–Crippen MR) is 123 cm³/mol. The second kappa shape index (κ2) is 10.3. The molecule has 1 saturated heterocycles. The van der Waals surface area contributed by atoms with Crippen LogP contribution in [0.1, 0.15) is 19.3 Å². The minimum absolute atomic E-state index is 0.0562. The number of hydrogen-bond donors (Lipinski definition) is 1. The van der Waals surface area contributed by atoms with Crippen molar-refractivity contribution in [2.24, 2.45) is 5.92 Å². The maximum atomic E-state index is 13.0. The number of benzene rings is 2. The van der Waals surface area contributed by atoms with Gasteiger partial charge in [-0.1, -0.05) is 30.3 Å². The number of carbonyl (C=O) groups excluding carboxylic acids is 1. The predicted octanol–water partition coefficient (Wildman–Crippen LogP) is 4.30. The number of nitrogens with zero attached hydrogens (tertiary/aromatic N) is 3. The first-order chi connectivity index (χ1) is 15.2. The monoisotopic (exact) mass is 418 g/mol. The summed E-state index contributed by atoms with van der Waals surface area (Å²) in [6.45, 7) is 3.92. The molecule has 1 aliphatic heterocycles. The molecule has 0 radical (unpaired) electrons. The van der Waals surface area contributed by atoms with E-state index in [1.165, 1.54) is 0 Å². The first-order valence-corrected chi connectivity index (χ1v) is 11.0. The number of ether oxygens (including phenoxy) is 1. The molecule has 0 bridgehead atoms. The summed E-state index contributed by atoms with van der Waals surface area (Å²) in [7, 11) is 1.66. The van der Waals surface area contributed by atoms with Gasteiger partial charge in [-0.05, 0) is 68.7 Å². The quantitative estimate of drug-likeness (QED) is 0.593. The third-order valence-electron chi connectivity index (χ3n) is 5.94. The Bertz CT molecular complexity index is 979. The van der Waals surface area contributed by atoms with Gasteiger partial charge in [-0.3, -0.25) is 9.48 Å². The molecule has 4 rings (SSSR count). The highest BCUT2D eigenvalue weighted by atomic mass is 16.5. The molecule has 1 fully saturated rings. The standard InChI is InChI=1S/C25H30N4O2/c1-31-22-8-4-7-21(19-22)23-9-2-3-10-24(23)27-25(30)20-11-17-28(18-12-20)14-6-16-29-15-5-13-26-29/h2-5,7-10,13,15,19-20H,6,11-12,14,16-18H2,1H3,(H,27,30). The Balaban J connectivity index is 1.31. The molecule has 0 saturated carbocycles. The van der Waals surface area contributed by atoms with E-state index >= 15 is 0 Å². The Morgan fingerprint density at radius 3 is 2.71 bits per heavy atom. The molecule has 162 valence electrons. The lowest BCUT2D eigenvalue weighted by molar-refractivity contribution is -0.121. The number of rotatable bonds is 8. The molecule has 0 spiro atoms. The molecule has 0 atom stereocenters. The maximum Gasteiger partial charge on any atom is 0.227 e. The van der Waals surface area contributed by atoms with Crippen molar-refractivity contribution in [1.82, 2.24) is 14.7 Å². The van der Waals surface area contributed by atoms with E-state index in [2.05, 4.69) is 15.3 Å². The molecule has 1 N–H and O–H groups in total. The number of hydrogen-bond acceptors (Lipinski definition) is 4. The zero-order valence-electron chi connectivity index (χ0n) is 18.0. The minimum atomic E-state index is 0.0562. The van der Waals surface area contributed by atoms with Crippen LogP contribution in [-0.2, 0) is 11.3 Å². The minimum Gasteiger partial charge on any atom is -0.497 e. The summed E-state index contributed by atoms with van der Waals surface area (Å²) in [4.78, 5) is 15.4. The van der Waals surface area contributed by atoms with E-state index < -0.39 is 0 Å². The van der Waals surface area contributed by atoms with Crippen LogP contribution in [0.3, 0.4) is 0 Å². The van der Waals surface area contributed by atoms with Crippen LogP contribution in [0.15, 0.2) is 67.0 Å². The molecule has 6 nitrogen and oxygen atoms in total. The van der Waals surface area contributed by atoms with Gasteiger partial charge in [0, 0.05) is 36.1 Å². The molecule has 2 heterocycles. The fraction of sp³-hybridized carbons (Fsp3) is 0.360. The van der Waals surface area contributed by atoms with Crippen molar-refractivity contribution >= 4 is 11.6 Å². The zero-order valence-corrected chi connectivity index (χ0v) is 18.0. The van der Waals surface area contributed by atoms with Crippen LogP contribution in [0.5, 0.6) is 5.75 Å². The summed E-state index contributed by atoms with van der Waals surface area (Å²) in [5.74, 6) is 0.978. The summed E-state index contributed by atoms with van der Waals surface area (Å²) in [5.41, 5.74) is 2.88. The molecule has 0 aliphatic carbocycles. The van der Waals surface area contributed by atoms with E-state index in [4.69, 9.17) is 4.74 Å². The fourth-order valence-electron chi connectivity index (χ4n) is 4.18. The topological polar surface area (TPSA) is 59.4 Å². The molecule has 31 heavy (non-hydrogen) atoms. The van der Waals surface area contributed by atoms with Gasteiger partial charge < -0.3 is 15.0 Å². The van der Waals surface area contributed by atoms with Crippen molar-refractivity contribution in [2.75, 3.05) is 32.1 Å². The Hall–Kier alpha value is -3.12. The van der Waals surface area contributed by atoms with Crippen LogP contribution in [0, 0.1) is 5.92 Å². The lowest BCUT2D eigenvalue weighted by atomic mass is 9.95. The summed E-state index contributed by atoms with van der Waals surface area (Å²) in [5, 5.41) is 7.43. The van der Waals surface area contributed by atoms with Crippen molar-refractivity contribution in [3.8, 4) is 16.9 Å². The maximum absolute atomic E-state index is 13.0. The molecule has 1 aliphatic rings. The second-order valence-electron chi connectivity index (χ2n) is 8.01. The Labute approximate surface area is 183 Å². The third-order valence-corrected chi connectivity index (χ3v) is 5.94. The van der Waals surface area contributed by atoms with Crippen LogP contribution >= 0.6 is 0 Å². The van der Waals surface area contributed by atoms with Crippen LogP contribution in [0.2, 0.25) is 0 Å². The van der Waals surface area contributed by atoms with Crippen molar-refractivity contribution < 1.29 is 9.53 Å². The van der Waals surface area contributed by atoms with E-state index in [-0.39, 0.29) is 11.8 Å². The number of methoxy groups -OCH3 is 1. The Morgan fingerprint density at radius 1 is 1.10 bits per heavy atom. The first kappa shape index (κ1) is 21.1. The van der Waals surface area contributed by atoms with Gasteiger partial charge in [0.1, 0.15) is 5.75 Å². The number of amides is 1. The van der Waals surface area contributed by atoms with E-state index in [1.807, 2.05) is 71.7 Å². The van der Waals surface area contributed by atoms with Crippen molar-refractivity contribution in [1.29, 1.82) is 0 Å². The Morgan fingerprint density at radius 2 is 1.94 bits per heavy atom. The number of para-hydroxylation sites is 1. The fourth-order valence-corrected chi connectivity index (χ4v) is 4.18. The summed E-state index contributed by atoms with van der Waals surface area (Å²) >= 11 is 0. The van der Waals surface area contributed by atoms with Crippen LogP contribution in [0.4, 0.5) is 5.69 Å². The largest absolute Gasteiger partial charge is 0.497 e. The molecule has 6 heteroatoms. The zero-order chi connectivity index (χ0) is 21.5. The van der Waals surface area contributed by atoms with Gasteiger partial charge in [-0.15, -0.1) is 0 Å². The smallest absolute Gasteiger partial charge is 0.227 e. The van der Waals surface area contributed by atoms with Crippen LogP contribution in [0.25, 0.3) is 11.1 Å². The average molecular weight is 419 g/mol. The van der Waals surface area contributed by atoms with Gasteiger partial charge in [0.25, 0.3) is 0 Å². The van der Waals surface area contributed by atoms with E-state index in [9.17, 15) is 4.79 Å². The van der Waals surface area contributed by atoms with Crippen molar-refractivity contribution in [3.63, 3.8) is 0 Å². The molecule has 2 aromatic carbocycles. The van der Waals surface area contributed by atoms with Gasteiger partial charge in [-0.25, -0.2) is 0 Å². The molecule has 0 unspecified atom stereocenters. The van der Waals surface area contributed by atoms with Crippen molar-refractivity contribution in [3.05, 3.63) is 67.0 Å². The molecule has 1 aromatic heterocycles. The van der Waals surface area contributed by atoms with Gasteiger partial charge in [-0.2, -0.15) is 5.10 Å². The number of piperidine rings is 1. The van der Waals surface area contributed by atoms with Crippen LogP contribution in [-0.4, -0.2) is 47.3 Å². The van der Waals surface area contributed by atoms with E-state index in [0.717, 1.165) is 68.0 Å². The van der Waals surface area contributed by atoms with Gasteiger partial charge in [0.2, 0.25) is 5.91 Å². The lowest BCUT2D eigenvalue weighted by Gasteiger charge is -2.31. The average Bonchev–Trinajstić information content (AvgIpc) is 3.33. The van der Waals surface area contributed by atoms with E-state index in [0.29, 0.717) is 0 Å². The summed E-state index contributed by atoms with van der Waals surface area (Å²) in [6.07, 6.45) is 6.69. The number of likely N-dealkylation sites (tertiary alicyclic amines) is 1. The second-order valence-corrected chi connectivity index (χ2v) is 8.01. The number of carbonyl (C=O) groups is 1. The highest BCUT2D eigenvalue weighted by molar-refractivity contribution is 5.96. The van der Waals surface area contributed by atoms with Crippen LogP contribution < -0.4 is 10.1 Å². The number of aryl methyl sites for hydroxylation is 1. The van der Waals surface area contributed by atoms with Gasteiger partial charge >= 0.3 is 0 Å². The summed E-state index contributed by atoms with van der Waals surface area (Å²) in [6, 6.07) is 17.8. The third kappa shape index (κ3) is 5.52. The SMILES string of the molecule is COc1cccc(-c2ccccc2NC(=O)C2CCN(CCCn3cccn3)CC2)c1. The number of nitrogens with one attached hydrogen (secondary N) is 1. The molecular formula is C25H30N4O2. The van der Waals surface area contributed by atoms with Crippen molar-refractivity contribution in [2.45, 2.75) is 25.8 Å². The highest BCUT2D eigenvalue weighted by Gasteiger charge is 2.25. The van der Waals surface area contributed by atoms with Gasteiger partial charge in [0.05, 0.1) is 7.11 Å². The summed E-state index contributed by atoms with van der Waals surface area (Å²) < 4.78 is 7.33. The van der Waals surface area contributed by atoms with Gasteiger partial charge in [0.15, 0.2) is 0 Å². The highest BCUT2D eigenvalue weighted by Crippen LogP contribution is 2.31. The molecular weight excluding hydrogens is 388 g/mol. The van der Waals surface area contributed by atoms with E-state index in [1.54, 1.807) is 7.11 Å².